The SMILES string of the molecule is CO[C@H](C(=O)N[C@@H](Cc1ccc(C#N)cc1)C(N)=O)c1ccccc1. The van der Waals surface area contributed by atoms with Crippen LogP contribution >= 0.6 is 0 Å². The minimum Gasteiger partial charge on any atom is -0.368 e. The van der Waals surface area contributed by atoms with Crippen molar-refractivity contribution in [2.75, 3.05) is 7.11 Å². The molecule has 0 aliphatic heterocycles. The summed E-state index contributed by atoms with van der Waals surface area (Å²) in [6.45, 7) is 0. The molecule has 25 heavy (non-hydrogen) atoms. The van der Waals surface area contributed by atoms with Gasteiger partial charge in [-0.15, -0.1) is 0 Å². The van der Waals surface area contributed by atoms with E-state index < -0.39 is 24.0 Å². The molecule has 0 saturated carbocycles. The third-order valence-corrected chi connectivity index (χ3v) is 3.76. The number of hydrogen-bond donors (Lipinski definition) is 2. The molecule has 0 spiro atoms. The van der Waals surface area contributed by atoms with Crippen molar-refractivity contribution in [3.8, 4) is 6.07 Å². The molecule has 2 rings (SSSR count). The second-order valence-corrected chi connectivity index (χ2v) is 5.50. The molecule has 6 nitrogen and oxygen atoms in total. The lowest BCUT2D eigenvalue weighted by Gasteiger charge is -2.20. The lowest BCUT2D eigenvalue weighted by atomic mass is 10.0. The van der Waals surface area contributed by atoms with Gasteiger partial charge in [-0.05, 0) is 23.3 Å². The summed E-state index contributed by atoms with van der Waals surface area (Å²) in [6, 6.07) is 16.9. The number of primary amides is 1. The van der Waals surface area contributed by atoms with E-state index >= 15 is 0 Å². The van der Waals surface area contributed by atoms with Crippen LogP contribution in [0.5, 0.6) is 0 Å². The number of benzene rings is 2. The van der Waals surface area contributed by atoms with Crippen molar-refractivity contribution in [3.05, 3.63) is 71.3 Å². The number of hydrogen-bond acceptors (Lipinski definition) is 4. The molecule has 0 aromatic heterocycles. The molecule has 0 bridgehead atoms. The van der Waals surface area contributed by atoms with E-state index in [0.29, 0.717) is 11.1 Å². The van der Waals surface area contributed by atoms with Crippen LogP contribution in [-0.2, 0) is 20.7 Å². The van der Waals surface area contributed by atoms with Gasteiger partial charge in [0.2, 0.25) is 5.91 Å². The van der Waals surface area contributed by atoms with E-state index in [4.69, 9.17) is 15.7 Å². The van der Waals surface area contributed by atoms with Crippen molar-refractivity contribution < 1.29 is 14.3 Å². The fourth-order valence-corrected chi connectivity index (χ4v) is 2.44. The smallest absolute Gasteiger partial charge is 0.254 e. The van der Waals surface area contributed by atoms with Crippen LogP contribution in [-0.4, -0.2) is 25.0 Å². The van der Waals surface area contributed by atoms with Gasteiger partial charge in [0, 0.05) is 13.5 Å². The van der Waals surface area contributed by atoms with Gasteiger partial charge in [0.1, 0.15) is 6.04 Å². The first-order valence-corrected chi connectivity index (χ1v) is 7.71. The van der Waals surface area contributed by atoms with Gasteiger partial charge < -0.3 is 15.8 Å². The minimum absolute atomic E-state index is 0.234. The Labute approximate surface area is 146 Å². The van der Waals surface area contributed by atoms with Crippen molar-refractivity contribution in [2.45, 2.75) is 18.6 Å². The highest BCUT2D eigenvalue weighted by Crippen LogP contribution is 2.17. The molecule has 0 radical (unpaired) electrons. The zero-order valence-electron chi connectivity index (χ0n) is 13.8. The van der Waals surface area contributed by atoms with Gasteiger partial charge >= 0.3 is 0 Å². The third kappa shape index (κ3) is 4.90. The van der Waals surface area contributed by atoms with Crippen LogP contribution in [0.4, 0.5) is 0 Å². The van der Waals surface area contributed by atoms with Gasteiger partial charge in [-0.3, -0.25) is 9.59 Å². The zero-order valence-corrected chi connectivity index (χ0v) is 13.8. The number of nitrogens with zero attached hydrogens (tertiary/aromatic N) is 1. The number of amides is 2. The number of rotatable bonds is 7. The first-order valence-electron chi connectivity index (χ1n) is 7.71. The van der Waals surface area contributed by atoms with Crippen molar-refractivity contribution >= 4 is 11.8 Å². The second kappa shape index (κ2) is 8.62. The quantitative estimate of drug-likeness (QED) is 0.798. The summed E-state index contributed by atoms with van der Waals surface area (Å²) in [7, 11) is 1.43. The number of carbonyl (C=O) groups is 2. The standard InChI is InChI=1S/C19H19N3O3/c1-25-17(15-5-3-2-4-6-15)19(24)22-16(18(21)23)11-13-7-9-14(12-20)10-8-13/h2-10,16-17H,11H2,1H3,(H2,21,23)(H,22,24)/t16-,17-/m0/s1. The predicted molar refractivity (Wildman–Crippen MR) is 92.2 cm³/mol. The Hall–Kier alpha value is -3.17. The van der Waals surface area contributed by atoms with Crippen molar-refractivity contribution in [3.63, 3.8) is 0 Å². The average Bonchev–Trinajstić information content (AvgIpc) is 2.63. The zero-order chi connectivity index (χ0) is 18.2. The van der Waals surface area contributed by atoms with E-state index in [9.17, 15) is 9.59 Å². The molecule has 3 N–H and O–H groups in total. The molecule has 0 unspecified atom stereocenters. The lowest BCUT2D eigenvalue weighted by molar-refractivity contribution is -0.134. The fourth-order valence-electron chi connectivity index (χ4n) is 2.44. The summed E-state index contributed by atoms with van der Waals surface area (Å²) < 4.78 is 5.26. The minimum atomic E-state index is -0.873. The molecule has 2 atom stereocenters. The summed E-state index contributed by atoms with van der Waals surface area (Å²) in [4.78, 5) is 24.2. The highest BCUT2D eigenvalue weighted by molar-refractivity contribution is 5.89. The maximum absolute atomic E-state index is 12.5. The van der Waals surface area contributed by atoms with Gasteiger partial charge in [0.05, 0.1) is 11.6 Å². The van der Waals surface area contributed by atoms with Gasteiger partial charge in [-0.25, -0.2) is 0 Å². The van der Waals surface area contributed by atoms with Crippen LogP contribution in [0.2, 0.25) is 0 Å². The topological polar surface area (TPSA) is 105 Å². The molecule has 6 heteroatoms. The lowest BCUT2D eigenvalue weighted by Crippen LogP contribution is -2.47. The Morgan fingerprint density at radius 2 is 1.80 bits per heavy atom. The molecule has 0 heterocycles. The number of ether oxygens (including phenoxy) is 1. The van der Waals surface area contributed by atoms with Crippen molar-refractivity contribution in [2.24, 2.45) is 5.73 Å². The van der Waals surface area contributed by atoms with E-state index in [1.165, 1.54) is 7.11 Å². The highest BCUT2D eigenvalue weighted by Gasteiger charge is 2.25. The van der Waals surface area contributed by atoms with Crippen molar-refractivity contribution in [1.29, 1.82) is 5.26 Å². The summed E-state index contributed by atoms with van der Waals surface area (Å²) in [5, 5.41) is 11.5. The van der Waals surface area contributed by atoms with E-state index in [2.05, 4.69) is 5.32 Å². The number of nitrogens with two attached hydrogens (primary N) is 1. The molecule has 2 amide bonds. The number of carbonyl (C=O) groups excluding carboxylic acids is 2. The molecular formula is C19H19N3O3. The molecule has 2 aromatic rings. The summed E-state index contributed by atoms with van der Waals surface area (Å²) in [5.74, 6) is -1.08. The molecule has 0 aliphatic carbocycles. The monoisotopic (exact) mass is 337 g/mol. The molecular weight excluding hydrogens is 318 g/mol. The van der Waals surface area contributed by atoms with Crippen LogP contribution < -0.4 is 11.1 Å². The third-order valence-electron chi connectivity index (χ3n) is 3.76. The van der Waals surface area contributed by atoms with Gasteiger partial charge in [0.15, 0.2) is 6.10 Å². The summed E-state index contributed by atoms with van der Waals surface area (Å²) in [6.07, 6.45) is -0.595. The Morgan fingerprint density at radius 3 is 2.32 bits per heavy atom. The second-order valence-electron chi connectivity index (χ2n) is 5.50. The fraction of sp³-hybridized carbons (Fsp3) is 0.211. The van der Waals surface area contributed by atoms with Gasteiger partial charge in [-0.2, -0.15) is 5.26 Å². The van der Waals surface area contributed by atoms with Crippen LogP contribution in [0.15, 0.2) is 54.6 Å². The van der Waals surface area contributed by atoms with Crippen molar-refractivity contribution in [1.82, 2.24) is 5.32 Å². The van der Waals surface area contributed by atoms with E-state index in [1.54, 1.807) is 48.5 Å². The Balaban J connectivity index is 2.10. The normalized spacial score (nSPS) is 12.6. The van der Waals surface area contributed by atoms with Gasteiger partial charge in [0.25, 0.3) is 5.91 Å². The van der Waals surface area contributed by atoms with E-state index in [-0.39, 0.29) is 6.42 Å². The number of nitriles is 1. The van der Waals surface area contributed by atoms with Gasteiger partial charge in [-0.1, -0.05) is 42.5 Å². The maximum Gasteiger partial charge on any atom is 0.254 e. The molecule has 2 aromatic carbocycles. The summed E-state index contributed by atoms with van der Waals surface area (Å²) in [5.41, 5.74) is 7.42. The van der Waals surface area contributed by atoms with Crippen LogP contribution in [0.3, 0.4) is 0 Å². The first kappa shape index (κ1) is 18.2. The molecule has 0 saturated heterocycles. The Bertz CT molecular complexity index is 767. The average molecular weight is 337 g/mol. The summed E-state index contributed by atoms with van der Waals surface area (Å²) >= 11 is 0. The van der Waals surface area contributed by atoms with Crippen LogP contribution in [0.1, 0.15) is 22.8 Å². The Kier molecular flexibility index (Phi) is 6.26. The molecule has 0 aliphatic rings. The number of methoxy groups -OCH3 is 1. The predicted octanol–water partition coefficient (Wildman–Crippen LogP) is 1.46. The first-order chi connectivity index (χ1) is 12.0. The van der Waals surface area contributed by atoms with E-state index in [1.807, 2.05) is 12.1 Å². The Morgan fingerprint density at radius 1 is 1.16 bits per heavy atom. The van der Waals surface area contributed by atoms with E-state index in [0.717, 1.165) is 5.56 Å². The maximum atomic E-state index is 12.5. The van der Waals surface area contributed by atoms with Crippen LogP contribution in [0, 0.1) is 11.3 Å². The van der Waals surface area contributed by atoms with Crippen LogP contribution in [0.25, 0.3) is 0 Å². The molecule has 0 fully saturated rings. The largest absolute Gasteiger partial charge is 0.368 e. The molecule has 128 valence electrons. The highest BCUT2D eigenvalue weighted by atomic mass is 16.5. The number of nitrogens with one attached hydrogen (secondary N) is 1.